The third-order valence-electron chi connectivity index (χ3n) is 3.48. The van der Waals surface area contributed by atoms with Crippen molar-refractivity contribution in [3.8, 4) is 5.75 Å². The largest absolute Gasteiger partial charge is 0.456 e. The van der Waals surface area contributed by atoms with Gasteiger partial charge in [0.25, 0.3) is 0 Å². The number of ether oxygens (including phenoxy) is 1. The number of carbonyl (C=O) groups excluding carboxylic acids is 1. The second-order valence-electron chi connectivity index (χ2n) is 4.95. The predicted octanol–water partition coefficient (Wildman–Crippen LogP) is 3.90. The number of para-hydroxylation sites is 1. The quantitative estimate of drug-likeness (QED) is 0.513. The Morgan fingerprint density at radius 3 is 2.68 bits per heavy atom. The number of rotatable bonds is 2. The lowest BCUT2D eigenvalue weighted by atomic mass is 10.1. The number of furan rings is 1. The van der Waals surface area contributed by atoms with Crippen molar-refractivity contribution in [2.45, 2.75) is 12.8 Å². The van der Waals surface area contributed by atoms with Gasteiger partial charge in [0.15, 0.2) is 0 Å². The third kappa shape index (κ3) is 1.78. The van der Waals surface area contributed by atoms with Crippen LogP contribution in [0.15, 0.2) is 46.9 Å². The van der Waals surface area contributed by atoms with Crippen LogP contribution >= 0.6 is 0 Å². The average Bonchev–Trinajstić information content (AvgIpc) is 3.21. The summed E-state index contributed by atoms with van der Waals surface area (Å²) in [5.74, 6) is 0.583. The van der Waals surface area contributed by atoms with E-state index in [1.807, 2.05) is 36.4 Å². The molecule has 0 unspecified atom stereocenters. The summed E-state index contributed by atoms with van der Waals surface area (Å²) in [5, 5.41) is 2.03. The van der Waals surface area contributed by atoms with Crippen LogP contribution in [0.3, 0.4) is 0 Å². The van der Waals surface area contributed by atoms with Crippen LogP contribution in [-0.2, 0) is 4.79 Å². The van der Waals surface area contributed by atoms with Gasteiger partial charge in [0.05, 0.1) is 5.92 Å². The van der Waals surface area contributed by atoms with Gasteiger partial charge in [-0.1, -0.05) is 18.2 Å². The molecular formula is C16H12O3. The molecule has 0 saturated heterocycles. The predicted molar refractivity (Wildman–Crippen MR) is 72.1 cm³/mol. The van der Waals surface area contributed by atoms with Gasteiger partial charge in [-0.3, -0.25) is 4.79 Å². The maximum atomic E-state index is 11.7. The van der Waals surface area contributed by atoms with E-state index in [1.54, 1.807) is 6.07 Å². The number of benzene rings is 2. The number of fused-ring (bicyclic) bond motifs is 3. The lowest BCUT2D eigenvalue weighted by molar-refractivity contribution is -0.135. The molecule has 94 valence electrons. The Labute approximate surface area is 109 Å². The number of esters is 1. The molecule has 3 heteroatoms. The molecule has 3 nitrogen and oxygen atoms in total. The van der Waals surface area contributed by atoms with E-state index in [1.165, 1.54) is 0 Å². The van der Waals surface area contributed by atoms with E-state index in [2.05, 4.69) is 0 Å². The topological polar surface area (TPSA) is 39.4 Å². The highest BCUT2D eigenvalue weighted by Gasteiger charge is 2.31. The van der Waals surface area contributed by atoms with Gasteiger partial charge in [-0.15, -0.1) is 0 Å². The lowest BCUT2D eigenvalue weighted by Gasteiger charge is -2.02. The standard InChI is InChI=1S/C16H12O3/c17-16(10-5-6-10)18-11-7-8-15-13(9-11)12-3-1-2-4-14(12)19-15/h1-4,7-10H,5-6H2. The van der Waals surface area contributed by atoms with Crippen LogP contribution in [0.1, 0.15) is 12.8 Å². The Morgan fingerprint density at radius 2 is 1.84 bits per heavy atom. The Morgan fingerprint density at radius 1 is 1.05 bits per heavy atom. The zero-order valence-corrected chi connectivity index (χ0v) is 10.3. The molecule has 1 fully saturated rings. The molecule has 0 aliphatic heterocycles. The molecule has 1 heterocycles. The fraction of sp³-hybridized carbons (Fsp3) is 0.188. The van der Waals surface area contributed by atoms with Gasteiger partial charge in [0.2, 0.25) is 0 Å². The highest BCUT2D eigenvalue weighted by molar-refractivity contribution is 6.05. The molecule has 0 bridgehead atoms. The number of hydrogen-bond acceptors (Lipinski definition) is 3. The molecule has 0 radical (unpaired) electrons. The van der Waals surface area contributed by atoms with E-state index in [0.29, 0.717) is 5.75 Å². The Bertz CT molecular complexity index is 781. The van der Waals surface area contributed by atoms with Crippen LogP contribution in [0.5, 0.6) is 5.75 Å². The minimum atomic E-state index is -0.118. The van der Waals surface area contributed by atoms with Gasteiger partial charge >= 0.3 is 5.97 Å². The molecule has 0 N–H and O–H groups in total. The van der Waals surface area contributed by atoms with E-state index < -0.39 is 0 Å². The monoisotopic (exact) mass is 252 g/mol. The molecule has 1 aromatic heterocycles. The second-order valence-corrected chi connectivity index (χ2v) is 4.95. The first-order valence-electron chi connectivity index (χ1n) is 6.44. The summed E-state index contributed by atoms with van der Waals surface area (Å²) in [6, 6.07) is 13.4. The summed E-state index contributed by atoms with van der Waals surface area (Å²) in [6.45, 7) is 0. The normalized spacial score (nSPS) is 14.9. The van der Waals surface area contributed by atoms with Crippen LogP contribution in [0.4, 0.5) is 0 Å². The molecule has 3 aromatic rings. The van der Waals surface area contributed by atoms with Crippen molar-refractivity contribution >= 4 is 27.9 Å². The van der Waals surface area contributed by atoms with Crippen molar-refractivity contribution < 1.29 is 13.9 Å². The van der Waals surface area contributed by atoms with Crippen LogP contribution in [0.2, 0.25) is 0 Å². The summed E-state index contributed by atoms with van der Waals surface area (Å²) in [5.41, 5.74) is 1.66. The minimum Gasteiger partial charge on any atom is -0.456 e. The van der Waals surface area contributed by atoms with Crippen molar-refractivity contribution in [1.29, 1.82) is 0 Å². The van der Waals surface area contributed by atoms with E-state index >= 15 is 0 Å². The first-order chi connectivity index (χ1) is 9.31. The van der Waals surface area contributed by atoms with Gasteiger partial charge in [-0.2, -0.15) is 0 Å². The molecule has 2 aromatic carbocycles. The van der Waals surface area contributed by atoms with Crippen molar-refractivity contribution in [1.82, 2.24) is 0 Å². The minimum absolute atomic E-state index is 0.108. The Kier molecular flexibility index (Phi) is 2.15. The van der Waals surface area contributed by atoms with Crippen molar-refractivity contribution in [2.75, 3.05) is 0 Å². The maximum Gasteiger partial charge on any atom is 0.314 e. The number of hydrogen-bond donors (Lipinski definition) is 0. The zero-order chi connectivity index (χ0) is 12.8. The van der Waals surface area contributed by atoms with Gasteiger partial charge in [-0.05, 0) is 37.1 Å². The molecule has 1 aliphatic carbocycles. The van der Waals surface area contributed by atoms with E-state index in [4.69, 9.17) is 9.15 Å². The van der Waals surface area contributed by atoms with E-state index in [0.717, 1.165) is 34.8 Å². The summed E-state index contributed by atoms with van der Waals surface area (Å²) in [4.78, 5) is 11.7. The molecule has 0 amide bonds. The molecule has 1 aliphatic rings. The van der Waals surface area contributed by atoms with Gasteiger partial charge < -0.3 is 9.15 Å². The molecule has 4 rings (SSSR count). The first-order valence-corrected chi connectivity index (χ1v) is 6.44. The smallest absolute Gasteiger partial charge is 0.314 e. The molecule has 19 heavy (non-hydrogen) atoms. The first kappa shape index (κ1) is 10.6. The summed E-state index contributed by atoms with van der Waals surface area (Å²) in [7, 11) is 0. The molecule has 0 atom stereocenters. The molecule has 0 spiro atoms. The highest BCUT2D eigenvalue weighted by atomic mass is 16.5. The fourth-order valence-corrected chi connectivity index (χ4v) is 2.29. The van der Waals surface area contributed by atoms with Crippen molar-refractivity contribution in [3.05, 3.63) is 42.5 Å². The van der Waals surface area contributed by atoms with Crippen LogP contribution < -0.4 is 4.74 Å². The third-order valence-corrected chi connectivity index (χ3v) is 3.48. The van der Waals surface area contributed by atoms with Gasteiger partial charge in [0, 0.05) is 10.8 Å². The fourth-order valence-electron chi connectivity index (χ4n) is 2.29. The second kappa shape index (κ2) is 3.85. The van der Waals surface area contributed by atoms with Crippen molar-refractivity contribution in [3.63, 3.8) is 0 Å². The van der Waals surface area contributed by atoms with E-state index in [-0.39, 0.29) is 11.9 Å². The molecule has 1 saturated carbocycles. The molecular weight excluding hydrogens is 240 g/mol. The summed E-state index contributed by atoms with van der Waals surface area (Å²) >= 11 is 0. The summed E-state index contributed by atoms with van der Waals surface area (Å²) < 4.78 is 11.1. The number of carbonyl (C=O) groups is 1. The van der Waals surface area contributed by atoms with Crippen molar-refractivity contribution in [2.24, 2.45) is 5.92 Å². The summed E-state index contributed by atoms with van der Waals surface area (Å²) in [6.07, 6.45) is 1.91. The van der Waals surface area contributed by atoms with Crippen LogP contribution in [0.25, 0.3) is 21.9 Å². The van der Waals surface area contributed by atoms with Crippen LogP contribution in [-0.4, -0.2) is 5.97 Å². The zero-order valence-electron chi connectivity index (χ0n) is 10.3. The average molecular weight is 252 g/mol. The maximum absolute atomic E-state index is 11.7. The van der Waals surface area contributed by atoms with Gasteiger partial charge in [0.1, 0.15) is 16.9 Å². The van der Waals surface area contributed by atoms with E-state index in [9.17, 15) is 4.79 Å². The van der Waals surface area contributed by atoms with Crippen LogP contribution in [0, 0.1) is 5.92 Å². The van der Waals surface area contributed by atoms with Gasteiger partial charge in [-0.25, -0.2) is 0 Å². The highest BCUT2D eigenvalue weighted by Crippen LogP contribution is 2.33. The Balaban J connectivity index is 1.80. The lowest BCUT2D eigenvalue weighted by Crippen LogP contribution is -2.09. The Hall–Kier alpha value is -2.29. The SMILES string of the molecule is O=C(Oc1ccc2oc3ccccc3c2c1)C1CC1.